The van der Waals surface area contributed by atoms with Gasteiger partial charge >= 0.3 is 12.1 Å². The Labute approximate surface area is 128 Å². The summed E-state index contributed by atoms with van der Waals surface area (Å²) in [6.45, 7) is 8.62. The van der Waals surface area contributed by atoms with E-state index < -0.39 is 5.60 Å². The first kappa shape index (κ1) is 17.8. The van der Waals surface area contributed by atoms with E-state index in [-0.39, 0.29) is 18.1 Å². The number of hydrogen-bond acceptors (Lipinski definition) is 4. The van der Waals surface area contributed by atoms with Crippen molar-refractivity contribution >= 4 is 12.1 Å². The summed E-state index contributed by atoms with van der Waals surface area (Å²) in [6, 6.07) is 0.183. The van der Waals surface area contributed by atoms with Crippen LogP contribution in [0.4, 0.5) is 4.79 Å². The third-order valence-corrected chi connectivity index (χ3v) is 3.48. The van der Waals surface area contributed by atoms with E-state index in [1.165, 1.54) is 0 Å². The minimum absolute atomic E-state index is 0.155. The maximum atomic E-state index is 12.2. The molecule has 1 aliphatic rings. The first-order valence-electron chi connectivity index (χ1n) is 7.98. The van der Waals surface area contributed by atoms with Crippen molar-refractivity contribution in [1.29, 1.82) is 0 Å². The number of esters is 1. The van der Waals surface area contributed by atoms with Gasteiger partial charge in [-0.1, -0.05) is 0 Å². The monoisotopic (exact) mass is 299 g/mol. The van der Waals surface area contributed by atoms with Gasteiger partial charge in [-0.3, -0.25) is 4.79 Å². The lowest BCUT2D eigenvalue weighted by Crippen LogP contribution is -2.46. The average molecular weight is 299 g/mol. The lowest BCUT2D eigenvalue weighted by atomic mass is 9.97. The Morgan fingerprint density at radius 1 is 1.24 bits per heavy atom. The zero-order valence-corrected chi connectivity index (χ0v) is 13.8. The highest BCUT2D eigenvalue weighted by Gasteiger charge is 2.30. The molecule has 0 bridgehead atoms. The molecule has 0 radical (unpaired) electrons. The van der Waals surface area contributed by atoms with E-state index in [1.807, 2.05) is 32.6 Å². The van der Waals surface area contributed by atoms with Crippen LogP contribution in [0.15, 0.2) is 0 Å². The van der Waals surface area contributed by atoms with E-state index in [9.17, 15) is 9.59 Å². The Hall–Kier alpha value is -1.26. The van der Waals surface area contributed by atoms with Gasteiger partial charge in [0.05, 0.1) is 6.61 Å². The zero-order chi connectivity index (χ0) is 15.9. The molecule has 1 amide bonds. The molecule has 1 fully saturated rings. The van der Waals surface area contributed by atoms with Crippen LogP contribution in [0.3, 0.4) is 0 Å². The molecule has 0 aromatic rings. The van der Waals surface area contributed by atoms with Crippen molar-refractivity contribution in [2.75, 3.05) is 13.2 Å². The maximum absolute atomic E-state index is 12.2. The van der Waals surface area contributed by atoms with E-state index in [4.69, 9.17) is 9.47 Å². The van der Waals surface area contributed by atoms with Gasteiger partial charge in [0.2, 0.25) is 0 Å². The van der Waals surface area contributed by atoms with E-state index in [0.29, 0.717) is 13.0 Å². The molecule has 5 nitrogen and oxygen atoms in total. The van der Waals surface area contributed by atoms with Crippen LogP contribution in [-0.4, -0.2) is 41.8 Å². The fraction of sp³-hybridized carbons (Fsp3) is 0.875. The molecule has 0 saturated carbocycles. The van der Waals surface area contributed by atoms with E-state index in [1.54, 1.807) is 0 Å². The molecule has 0 aromatic heterocycles. The predicted octanol–water partition coefficient (Wildman–Crippen LogP) is 3.51. The van der Waals surface area contributed by atoms with Crippen molar-refractivity contribution in [2.45, 2.75) is 77.9 Å². The lowest BCUT2D eigenvalue weighted by molar-refractivity contribution is -0.143. The Balaban J connectivity index is 2.45. The van der Waals surface area contributed by atoms with Gasteiger partial charge in [-0.25, -0.2) is 4.79 Å². The van der Waals surface area contributed by atoms with Crippen molar-refractivity contribution in [3.8, 4) is 0 Å². The zero-order valence-electron chi connectivity index (χ0n) is 13.8. The number of likely N-dealkylation sites (tertiary alicyclic amines) is 1. The molecule has 0 spiro atoms. The normalized spacial score (nSPS) is 19.2. The highest BCUT2D eigenvalue weighted by atomic mass is 16.6. The Kier molecular flexibility index (Phi) is 6.99. The van der Waals surface area contributed by atoms with Crippen LogP contribution in [-0.2, 0) is 14.3 Å². The number of amides is 1. The maximum Gasteiger partial charge on any atom is 0.410 e. The Bertz CT molecular complexity index is 349. The van der Waals surface area contributed by atoms with Crippen LogP contribution in [0.2, 0.25) is 0 Å². The standard InChI is InChI=1S/C16H29NO4/c1-5-20-14(18)11-8-10-13-9-6-7-12-17(13)15(19)21-16(2,3)4/h13H,5-12H2,1-4H3. The summed E-state index contributed by atoms with van der Waals surface area (Å²) >= 11 is 0. The average Bonchev–Trinajstić information content (AvgIpc) is 2.37. The highest BCUT2D eigenvalue weighted by Crippen LogP contribution is 2.24. The lowest BCUT2D eigenvalue weighted by Gasteiger charge is -2.36. The minimum Gasteiger partial charge on any atom is -0.466 e. The van der Waals surface area contributed by atoms with Gasteiger partial charge in [-0.05, 0) is 59.8 Å². The van der Waals surface area contributed by atoms with E-state index >= 15 is 0 Å². The minimum atomic E-state index is -0.468. The molecule has 122 valence electrons. The first-order chi connectivity index (χ1) is 9.83. The second-order valence-corrected chi connectivity index (χ2v) is 6.52. The molecule has 0 N–H and O–H groups in total. The predicted molar refractivity (Wildman–Crippen MR) is 81.1 cm³/mol. The molecule has 1 aliphatic heterocycles. The summed E-state index contributed by atoms with van der Waals surface area (Å²) in [5, 5.41) is 0. The molecular formula is C16H29NO4. The van der Waals surface area contributed by atoms with Crippen LogP contribution in [0, 0.1) is 0 Å². The molecule has 1 rings (SSSR count). The number of piperidine rings is 1. The van der Waals surface area contributed by atoms with Crippen LogP contribution in [0.5, 0.6) is 0 Å². The fourth-order valence-electron chi connectivity index (χ4n) is 2.58. The molecule has 0 aromatic carbocycles. The molecule has 21 heavy (non-hydrogen) atoms. The van der Waals surface area contributed by atoms with E-state index in [2.05, 4.69) is 0 Å². The van der Waals surface area contributed by atoms with Crippen LogP contribution in [0.25, 0.3) is 0 Å². The fourth-order valence-corrected chi connectivity index (χ4v) is 2.58. The molecule has 0 aliphatic carbocycles. The van der Waals surface area contributed by atoms with Gasteiger partial charge in [0.15, 0.2) is 0 Å². The third kappa shape index (κ3) is 6.82. The Morgan fingerprint density at radius 3 is 2.57 bits per heavy atom. The van der Waals surface area contributed by atoms with Crippen molar-refractivity contribution in [3.05, 3.63) is 0 Å². The molecule has 1 atom stereocenters. The molecule has 1 saturated heterocycles. The van der Waals surface area contributed by atoms with Crippen LogP contribution >= 0.6 is 0 Å². The van der Waals surface area contributed by atoms with Crippen molar-refractivity contribution in [2.24, 2.45) is 0 Å². The van der Waals surface area contributed by atoms with E-state index in [0.717, 1.165) is 38.6 Å². The number of ether oxygens (including phenoxy) is 2. The number of nitrogens with zero attached hydrogens (tertiary/aromatic N) is 1. The summed E-state index contributed by atoms with van der Waals surface area (Å²) in [7, 11) is 0. The second kappa shape index (κ2) is 8.25. The third-order valence-electron chi connectivity index (χ3n) is 3.48. The SMILES string of the molecule is CCOC(=O)CCCC1CCCCN1C(=O)OC(C)(C)C. The topological polar surface area (TPSA) is 55.8 Å². The van der Waals surface area contributed by atoms with Gasteiger partial charge in [-0.2, -0.15) is 0 Å². The number of rotatable bonds is 5. The summed E-state index contributed by atoms with van der Waals surface area (Å²) < 4.78 is 10.4. The quantitative estimate of drug-likeness (QED) is 0.729. The van der Waals surface area contributed by atoms with Gasteiger partial charge in [-0.15, -0.1) is 0 Å². The smallest absolute Gasteiger partial charge is 0.410 e. The molecular weight excluding hydrogens is 270 g/mol. The number of hydrogen-bond donors (Lipinski definition) is 0. The van der Waals surface area contributed by atoms with Crippen molar-refractivity contribution in [3.63, 3.8) is 0 Å². The number of carbonyl (C=O) groups excluding carboxylic acids is 2. The molecule has 1 unspecified atom stereocenters. The number of carbonyl (C=O) groups is 2. The summed E-state index contributed by atoms with van der Waals surface area (Å²) in [5.41, 5.74) is -0.468. The highest BCUT2D eigenvalue weighted by molar-refractivity contribution is 5.69. The first-order valence-corrected chi connectivity index (χ1v) is 7.98. The van der Waals surface area contributed by atoms with Crippen molar-refractivity contribution in [1.82, 2.24) is 4.90 Å². The van der Waals surface area contributed by atoms with Gasteiger partial charge in [0.1, 0.15) is 5.60 Å². The summed E-state index contributed by atoms with van der Waals surface area (Å²) in [4.78, 5) is 25.4. The molecule has 1 heterocycles. The van der Waals surface area contributed by atoms with Gasteiger partial charge in [0.25, 0.3) is 0 Å². The largest absolute Gasteiger partial charge is 0.466 e. The Morgan fingerprint density at radius 2 is 1.95 bits per heavy atom. The van der Waals surface area contributed by atoms with Crippen molar-refractivity contribution < 1.29 is 19.1 Å². The summed E-state index contributed by atoms with van der Waals surface area (Å²) in [5.74, 6) is -0.155. The molecule has 5 heteroatoms. The van der Waals surface area contributed by atoms with Gasteiger partial charge < -0.3 is 14.4 Å². The van der Waals surface area contributed by atoms with Gasteiger partial charge in [0, 0.05) is 19.0 Å². The summed E-state index contributed by atoms with van der Waals surface area (Å²) in [6.07, 6.45) is 4.91. The van der Waals surface area contributed by atoms with Crippen LogP contribution in [0.1, 0.15) is 66.2 Å². The van der Waals surface area contributed by atoms with Crippen LogP contribution < -0.4 is 0 Å². The second-order valence-electron chi connectivity index (χ2n) is 6.52.